The highest BCUT2D eigenvalue weighted by atomic mass is 16.5. The first-order valence-corrected chi connectivity index (χ1v) is 7.35. The number of benzene rings is 1. The molecule has 0 unspecified atom stereocenters. The summed E-state index contributed by atoms with van der Waals surface area (Å²) in [6.45, 7) is 0.921. The second-order valence-corrected chi connectivity index (χ2v) is 5.26. The summed E-state index contributed by atoms with van der Waals surface area (Å²) in [4.78, 5) is 26.7. The minimum absolute atomic E-state index is 0.0771. The van der Waals surface area contributed by atoms with Gasteiger partial charge in [0.05, 0.1) is 11.7 Å². The quantitative estimate of drug-likeness (QED) is 0.823. The summed E-state index contributed by atoms with van der Waals surface area (Å²) in [7, 11) is 0. The van der Waals surface area contributed by atoms with E-state index in [2.05, 4.69) is 10.3 Å². The summed E-state index contributed by atoms with van der Waals surface area (Å²) in [6.07, 6.45) is 3.65. The number of H-pyrrole nitrogens is 1. The van der Waals surface area contributed by atoms with Crippen LogP contribution in [0.1, 0.15) is 23.2 Å². The van der Waals surface area contributed by atoms with E-state index in [1.807, 2.05) is 24.3 Å². The molecule has 0 aliphatic carbocycles. The highest BCUT2D eigenvalue weighted by Gasteiger charge is 2.18. The summed E-state index contributed by atoms with van der Waals surface area (Å²) < 4.78 is 10.5. The van der Waals surface area contributed by atoms with E-state index in [1.54, 1.807) is 6.20 Å². The molecule has 0 bridgehead atoms. The van der Waals surface area contributed by atoms with E-state index in [0.717, 1.165) is 30.4 Å². The molecule has 1 aromatic carbocycles. The Bertz CT molecular complexity index is 674. The molecule has 1 amide bonds. The highest BCUT2D eigenvalue weighted by Crippen LogP contribution is 2.18. The zero-order valence-electron chi connectivity index (χ0n) is 12.1. The van der Waals surface area contributed by atoms with Gasteiger partial charge in [-0.2, -0.15) is 0 Å². The molecule has 116 valence electrons. The molecule has 6 nitrogen and oxygen atoms in total. The highest BCUT2D eigenvalue weighted by molar-refractivity contribution is 6.04. The predicted octanol–water partition coefficient (Wildman–Crippen LogP) is 1.62. The second kappa shape index (κ2) is 6.62. The van der Waals surface area contributed by atoms with E-state index in [9.17, 15) is 9.59 Å². The van der Waals surface area contributed by atoms with Gasteiger partial charge in [-0.1, -0.05) is 18.2 Å². The smallest absolute Gasteiger partial charge is 0.340 e. The van der Waals surface area contributed by atoms with Gasteiger partial charge < -0.3 is 19.8 Å². The first-order valence-electron chi connectivity index (χ1n) is 7.35. The Morgan fingerprint density at radius 1 is 1.36 bits per heavy atom. The normalized spacial score (nSPS) is 17.5. The molecule has 1 fully saturated rings. The van der Waals surface area contributed by atoms with Crippen molar-refractivity contribution in [2.45, 2.75) is 18.9 Å². The Labute approximate surface area is 127 Å². The number of aromatic nitrogens is 1. The number of hydrogen-bond acceptors (Lipinski definition) is 4. The zero-order valence-corrected chi connectivity index (χ0v) is 12.1. The topological polar surface area (TPSA) is 80.4 Å². The van der Waals surface area contributed by atoms with Gasteiger partial charge in [-0.3, -0.25) is 4.79 Å². The molecule has 3 rings (SSSR count). The van der Waals surface area contributed by atoms with Gasteiger partial charge in [0.15, 0.2) is 6.61 Å². The molecule has 6 heteroatoms. The van der Waals surface area contributed by atoms with E-state index < -0.39 is 5.97 Å². The van der Waals surface area contributed by atoms with E-state index in [-0.39, 0.29) is 18.6 Å². The van der Waals surface area contributed by atoms with Crippen LogP contribution in [-0.4, -0.2) is 42.7 Å². The van der Waals surface area contributed by atoms with Gasteiger partial charge in [0, 0.05) is 30.3 Å². The molecule has 2 aromatic rings. The van der Waals surface area contributed by atoms with E-state index in [1.165, 1.54) is 0 Å². The van der Waals surface area contributed by atoms with Crippen LogP contribution in [0.2, 0.25) is 0 Å². The van der Waals surface area contributed by atoms with Gasteiger partial charge in [-0.15, -0.1) is 0 Å². The van der Waals surface area contributed by atoms with Gasteiger partial charge in [0.25, 0.3) is 5.91 Å². The van der Waals surface area contributed by atoms with Gasteiger partial charge in [0.1, 0.15) is 0 Å². The zero-order chi connectivity index (χ0) is 15.4. The first kappa shape index (κ1) is 14.6. The number of fused-ring (bicyclic) bond motifs is 1. The molecule has 1 aliphatic rings. The molecule has 1 saturated heterocycles. The number of carbonyl (C=O) groups excluding carboxylic acids is 2. The lowest BCUT2D eigenvalue weighted by Gasteiger charge is -2.10. The van der Waals surface area contributed by atoms with E-state index >= 15 is 0 Å². The molecule has 1 aromatic heterocycles. The van der Waals surface area contributed by atoms with Crippen LogP contribution >= 0.6 is 0 Å². The summed E-state index contributed by atoms with van der Waals surface area (Å²) in [5.74, 6) is -0.826. The molecule has 2 N–H and O–H groups in total. The van der Waals surface area contributed by atoms with Crippen molar-refractivity contribution in [1.29, 1.82) is 0 Å². The number of ether oxygens (including phenoxy) is 2. The maximum atomic E-state index is 12.0. The number of hydrogen-bond donors (Lipinski definition) is 2. The maximum absolute atomic E-state index is 12.0. The molecule has 22 heavy (non-hydrogen) atoms. The van der Waals surface area contributed by atoms with Crippen molar-refractivity contribution in [2.24, 2.45) is 0 Å². The monoisotopic (exact) mass is 302 g/mol. The number of esters is 1. The van der Waals surface area contributed by atoms with Crippen molar-refractivity contribution < 1.29 is 19.1 Å². The molecule has 0 spiro atoms. The summed E-state index contributed by atoms with van der Waals surface area (Å²) in [6, 6.07) is 7.44. The number of carbonyl (C=O) groups is 2. The lowest BCUT2D eigenvalue weighted by molar-refractivity contribution is -0.124. The molecular formula is C16H18N2O4. The van der Waals surface area contributed by atoms with Gasteiger partial charge >= 0.3 is 5.97 Å². The minimum Gasteiger partial charge on any atom is -0.452 e. The second-order valence-electron chi connectivity index (χ2n) is 5.26. The Kier molecular flexibility index (Phi) is 4.39. The van der Waals surface area contributed by atoms with Crippen molar-refractivity contribution in [3.63, 3.8) is 0 Å². The molecule has 0 radical (unpaired) electrons. The van der Waals surface area contributed by atoms with Crippen LogP contribution in [0.4, 0.5) is 0 Å². The standard InChI is InChI=1S/C16H18N2O4/c19-15(18-8-11-4-3-7-21-11)10-22-16(20)13-9-17-14-6-2-1-5-12(13)14/h1-2,5-6,9,11,17H,3-4,7-8,10H2,(H,18,19)/t11-/m0/s1. The number of amides is 1. The number of aromatic amines is 1. The van der Waals surface area contributed by atoms with Gasteiger partial charge in [-0.05, 0) is 18.9 Å². The van der Waals surface area contributed by atoms with Crippen molar-refractivity contribution >= 4 is 22.8 Å². The fourth-order valence-electron chi connectivity index (χ4n) is 2.53. The minimum atomic E-state index is -0.510. The summed E-state index contributed by atoms with van der Waals surface area (Å²) in [5.41, 5.74) is 1.29. The SMILES string of the molecule is O=C(COC(=O)c1c[nH]c2ccccc12)NC[C@@H]1CCCO1. The Morgan fingerprint density at radius 3 is 3.05 bits per heavy atom. The maximum Gasteiger partial charge on any atom is 0.340 e. The summed E-state index contributed by atoms with van der Waals surface area (Å²) in [5, 5.41) is 3.50. The van der Waals surface area contributed by atoms with E-state index in [0.29, 0.717) is 12.1 Å². The van der Waals surface area contributed by atoms with Gasteiger partial charge in [-0.25, -0.2) is 4.79 Å². The number of rotatable bonds is 5. The van der Waals surface area contributed by atoms with Gasteiger partial charge in [0.2, 0.25) is 0 Å². The van der Waals surface area contributed by atoms with Crippen molar-refractivity contribution in [3.8, 4) is 0 Å². The van der Waals surface area contributed by atoms with Crippen LogP contribution in [0.15, 0.2) is 30.5 Å². The Morgan fingerprint density at radius 2 is 2.23 bits per heavy atom. The van der Waals surface area contributed by atoms with Crippen LogP contribution in [0.5, 0.6) is 0 Å². The average Bonchev–Trinajstić information content (AvgIpc) is 3.19. The molecule has 1 aliphatic heterocycles. The van der Waals surface area contributed by atoms with E-state index in [4.69, 9.17) is 9.47 Å². The van der Waals surface area contributed by atoms with Crippen LogP contribution < -0.4 is 5.32 Å². The van der Waals surface area contributed by atoms with Crippen LogP contribution in [0, 0.1) is 0 Å². The fourth-order valence-corrected chi connectivity index (χ4v) is 2.53. The number of para-hydroxylation sites is 1. The third-order valence-corrected chi connectivity index (χ3v) is 3.69. The van der Waals surface area contributed by atoms with Crippen LogP contribution in [0.25, 0.3) is 10.9 Å². The Hall–Kier alpha value is -2.34. The first-order chi connectivity index (χ1) is 10.7. The lowest BCUT2D eigenvalue weighted by Crippen LogP contribution is -2.34. The molecule has 0 saturated carbocycles. The third-order valence-electron chi connectivity index (χ3n) is 3.69. The van der Waals surface area contributed by atoms with Crippen LogP contribution in [-0.2, 0) is 14.3 Å². The third kappa shape index (κ3) is 3.28. The van der Waals surface area contributed by atoms with Crippen molar-refractivity contribution in [3.05, 3.63) is 36.0 Å². The van der Waals surface area contributed by atoms with Crippen LogP contribution in [0.3, 0.4) is 0 Å². The summed E-state index contributed by atoms with van der Waals surface area (Å²) >= 11 is 0. The lowest BCUT2D eigenvalue weighted by atomic mass is 10.2. The largest absolute Gasteiger partial charge is 0.452 e. The number of nitrogens with one attached hydrogen (secondary N) is 2. The van der Waals surface area contributed by atoms with Crippen molar-refractivity contribution in [1.82, 2.24) is 10.3 Å². The average molecular weight is 302 g/mol. The Balaban J connectivity index is 1.50. The molecule has 2 heterocycles. The fraction of sp³-hybridized carbons (Fsp3) is 0.375. The molecule has 1 atom stereocenters. The molecular weight excluding hydrogens is 284 g/mol. The predicted molar refractivity (Wildman–Crippen MR) is 80.6 cm³/mol. The van der Waals surface area contributed by atoms with Crippen molar-refractivity contribution in [2.75, 3.05) is 19.8 Å².